The quantitative estimate of drug-likeness (QED) is 0.832. The Hall–Kier alpha value is -1.42. The fourth-order valence-corrected chi connectivity index (χ4v) is 1.94. The molecule has 0 atom stereocenters. The number of rotatable bonds is 6. The number of carbonyl (C=O) groups excluding carboxylic acids is 1. The van der Waals surface area contributed by atoms with Gasteiger partial charge >= 0.3 is 0 Å². The van der Waals surface area contributed by atoms with Gasteiger partial charge in [-0.25, -0.2) is 4.39 Å². The lowest BCUT2D eigenvalue weighted by molar-refractivity contribution is 0.0932. The second kappa shape index (κ2) is 6.66. The molecule has 0 saturated carbocycles. The van der Waals surface area contributed by atoms with Gasteiger partial charge in [0.25, 0.3) is 5.91 Å². The van der Waals surface area contributed by atoms with Crippen LogP contribution in [0.3, 0.4) is 0 Å². The molecule has 0 saturated heterocycles. The first-order chi connectivity index (χ1) is 8.85. The first-order valence-electron chi connectivity index (χ1n) is 6.51. The highest BCUT2D eigenvalue weighted by atomic mass is 19.1. The molecule has 4 heteroatoms. The van der Waals surface area contributed by atoms with E-state index >= 15 is 0 Å². The summed E-state index contributed by atoms with van der Waals surface area (Å²) in [6.07, 6.45) is 1.56. The van der Waals surface area contributed by atoms with Crippen molar-refractivity contribution in [1.82, 2.24) is 5.32 Å². The van der Waals surface area contributed by atoms with Gasteiger partial charge < -0.3 is 10.4 Å². The van der Waals surface area contributed by atoms with E-state index in [1.54, 1.807) is 6.92 Å². The minimum atomic E-state index is -0.336. The van der Waals surface area contributed by atoms with E-state index in [1.165, 1.54) is 18.2 Å². The Kier molecular flexibility index (Phi) is 5.48. The number of halogens is 1. The van der Waals surface area contributed by atoms with Crippen molar-refractivity contribution in [1.29, 1.82) is 0 Å². The zero-order valence-corrected chi connectivity index (χ0v) is 11.8. The van der Waals surface area contributed by atoms with Crippen molar-refractivity contribution in [2.75, 3.05) is 13.2 Å². The monoisotopic (exact) mass is 267 g/mol. The topological polar surface area (TPSA) is 49.3 Å². The highest BCUT2D eigenvalue weighted by molar-refractivity contribution is 5.95. The Morgan fingerprint density at radius 3 is 2.68 bits per heavy atom. The second-order valence-corrected chi connectivity index (χ2v) is 5.63. The summed E-state index contributed by atoms with van der Waals surface area (Å²) in [4.78, 5) is 12.0. The van der Waals surface area contributed by atoms with Crippen LogP contribution in [0.2, 0.25) is 0 Å². The maximum atomic E-state index is 13.0. The Morgan fingerprint density at radius 2 is 2.11 bits per heavy atom. The van der Waals surface area contributed by atoms with Crippen molar-refractivity contribution in [3.63, 3.8) is 0 Å². The standard InChI is InChI=1S/C15H22FNO2/c1-11-9-12(16)5-6-13(11)14(19)17-10-15(2,3)7-4-8-18/h5-6,9,18H,4,7-8,10H2,1-3H3,(H,17,19). The molecular formula is C15H22FNO2. The third-order valence-corrected chi connectivity index (χ3v) is 3.17. The van der Waals surface area contributed by atoms with Gasteiger partial charge in [-0.2, -0.15) is 0 Å². The number of amides is 1. The van der Waals surface area contributed by atoms with E-state index in [9.17, 15) is 9.18 Å². The number of benzene rings is 1. The molecule has 0 aliphatic carbocycles. The lowest BCUT2D eigenvalue weighted by atomic mass is 9.88. The van der Waals surface area contributed by atoms with Gasteiger partial charge in [0.2, 0.25) is 0 Å². The molecule has 0 aliphatic rings. The Morgan fingerprint density at radius 1 is 1.42 bits per heavy atom. The molecule has 0 bridgehead atoms. The average Bonchev–Trinajstić information content (AvgIpc) is 2.34. The first-order valence-corrected chi connectivity index (χ1v) is 6.51. The van der Waals surface area contributed by atoms with E-state index in [-0.39, 0.29) is 23.7 Å². The minimum Gasteiger partial charge on any atom is -0.396 e. The summed E-state index contributed by atoms with van der Waals surface area (Å²) in [6, 6.07) is 4.14. The van der Waals surface area contributed by atoms with Crippen LogP contribution >= 0.6 is 0 Å². The molecule has 1 aromatic carbocycles. The summed E-state index contributed by atoms with van der Waals surface area (Å²) in [6.45, 7) is 6.49. The third kappa shape index (κ3) is 4.99. The number of hydrogen-bond acceptors (Lipinski definition) is 2. The number of aliphatic hydroxyl groups excluding tert-OH is 1. The summed E-state index contributed by atoms with van der Waals surface area (Å²) in [5.74, 6) is -0.521. The molecule has 19 heavy (non-hydrogen) atoms. The minimum absolute atomic E-state index is 0.0632. The molecule has 0 radical (unpaired) electrons. The highest BCUT2D eigenvalue weighted by Crippen LogP contribution is 2.21. The number of hydrogen-bond donors (Lipinski definition) is 2. The first kappa shape index (κ1) is 15.6. The fourth-order valence-electron chi connectivity index (χ4n) is 1.94. The van der Waals surface area contributed by atoms with E-state index < -0.39 is 0 Å². The predicted octanol–water partition coefficient (Wildman–Crippen LogP) is 2.66. The molecule has 0 fully saturated rings. The van der Waals surface area contributed by atoms with Gasteiger partial charge in [-0.1, -0.05) is 13.8 Å². The largest absolute Gasteiger partial charge is 0.396 e. The van der Waals surface area contributed by atoms with Crippen LogP contribution in [0.15, 0.2) is 18.2 Å². The normalized spacial score (nSPS) is 11.4. The van der Waals surface area contributed by atoms with Crippen LogP contribution < -0.4 is 5.32 Å². The van der Waals surface area contributed by atoms with Gasteiger partial charge in [0, 0.05) is 18.7 Å². The predicted molar refractivity (Wildman–Crippen MR) is 73.6 cm³/mol. The summed E-state index contributed by atoms with van der Waals surface area (Å²) in [5.41, 5.74) is 1.07. The molecule has 3 nitrogen and oxygen atoms in total. The van der Waals surface area contributed by atoms with Crippen LogP contribution in [-0.4, -0.2) is 24.2 Å². The molecule has 1 rings (SSSR count). The Labute approximate surface area is 113 Å². The van der Waals surface area contributed by atoms with Crippen molar-refractivity contribution in [3.05, 3.63) is 35.1 Å². The second-order valence-electron chi connectivity index (χ2n) is 5.63. The van der Waals surface area contributed by atoms with Crippen LogP contribution in [-0.2, 0) is 0 Å². The van der Waals surface area contributed by atoms with Crippen LogP contribution in [0, 0.1) is 18.2 Å². The molecule has 1 amide bonds. The van der Waals surface area contributed by atoms with E-state index in [4.69, 9.17) is 5.11 Å². The van der Waals surface area contributed by atoms with Gasteiger partial charge in [-0.05, 0) is 48.9 Å². The molecule has 0 aliphatic heterocycles. The van der Waals surface area contributed by atoms with Gasteiger partial charge in [0.15, 0.2) is 0 Å². The lowest BCUT2D eigenvalue weighted by Crippen LogP contribution is -2.34. The molecule has 0 heterocycles. The van der Waals surface area contributed by atoms with Crippen LogP contribution in [0.1, 0.15) is 42.6 Å². The maximum Gasteiger partial charge on any atom is 0.251 e. The summed E-state index contributed by atoms with van der Waals surface area (Å²) >= 11 is 0. The van der Waals surface area contributed by atoms with Gasteiger partial charge in [-0.15, -0.1) is 0 Å². The third-order valence-electron chi connectivity index (χ3n) is 3.17. The van der Waals surface area contributed by atoms with Crippen molar-refractivity contribution in [2.24, 2.45) is 5.41 Å². The van der Waals surface area contributed by atoms with Crippen molar-refractivity contribution < 1.29 is 14.3 Å². The SMILES string of the molecule is Cc1cc(F)ccc1C(=O)NCC(C)(C)CCCO. The molecule has 2 N–H and O–H groups in total. The summed E-state index contributed by atoms with van der Waals surface area (Å²) in [5, 5.41) is 11.7. The van der Waals surface area contributed by atoms with Crippen molar-refractivity contribution >= 4 is 5.91 Å². The van der Waals surface area contributed by atoms with E-state index in [0.29, 0.717) is 17.7 Å². The number of aryl methyl sites for hydroxylation is 1. The van der Waals surface area contributed by atoms with Crippen molar-refractivity contribution in [2.45, 2.75) is 33.6 Å². The summed E-state index contributed by atoms with van der Waals surface area (Å²) < 4.78 is 13.0. The molecule has 0 aromatic heterocycles. The lowest BCUT2D eigenvalue weighted by Gasteiger charge is -2.24. The maximum absolute atomic E-state index is 13.0. The van der Waals surface area contributed by atoms with E-state index in [2.05, 4.69) is 5.32 Å². The average molecular weight is 267 g/mol. The molecule has 1 aromatic rings. The van der Waals surface area contributed by atoms with E-state index in [1.807, 2.05) is 13.8 Å². The Balaban J connectivity index is 2.60. The molecule has 0 spiro atoms. The fraction of sp³-hybridized carbons (Fsp3) is 0.533. The zero-order chi connectivity index (χ0) is 14.5. The van der Waals surface area contributed by atoms with Gasteiger partial charge in [-0.3, -0.25) is 4.79 Å². The van der Waals surface area contributed by atoms with Crippen LogP contribution in [0.5, 0.6) is 0 Å². The van der Waals surface area contributed by atoms with E-state index in [0.717, 1.165) is 12.8 Å². The van der Waals surface area contributed by atoms with Crippen molar-refractivity contribution in [3.8, 4) is 0 Å². The smallest absolute Gasteiger partial charge is 0.251 e. The Bertz CT molecular complexity index is 444. The zero-order valence-electron chi connectivity index (χ0n) is 11.8. The van der Waals surface area contributed by atoms with Crippen LogP contribution in [0.25, 0.3) is 0 Å². The molecule has 106 valence electrons. The highest BCUT2D eigenvalue weighted by Gasteiger charge is 2.19. The molecule has 0 unspecified atom stereocenters. The molecular weight excluding hydrogens is 245 g/mol. The van der Waals surface area contributed by atoms with Gasteiger partial charge in [0.1, 0.15) is 5.82 Å². The van der Waals surface area contributed by atoms with Crippen LogP contribution in [0.4, 0.5) is 4.39 Å². The number of nitrogens with one attached hydrogen (secondary N) is 1. The number of aliphatic hydroxyl groups is 1. The number of carbonyl (C=O) groups is 1. The van der Waals surface area contributed by atoms with Gasteiger partial charge in [0.05, 0.1) is 0 Å². The summed E-state index contributed by atoms with van der Waals surface area (Å²) in [7, 11) is 0.